The maximum Gasteiger partial charge on any atom is 0.255 e. The second-order valence-corrected chi connectivity index (χ2v) is 11.1. The first-order valence-corrected chi connectivity index (χ1v) is 13.7. The standard InChI is InChI=1S/C29H29ClN4O4/c30-23-11-17(13-31)5-7-21(23)19-14-33(15-19)24-3-1-2-4-26(24)38-20-6-8-22-18(12-20)16-34(29(22)37)25-9-10-27(35)32-28(25)36/h5-8,11-12,19,24-26H,1-4,9-10,14-16H2,(H,32,35,36)/t24-,25+,26+/m0/s1. The molecule has 2 saturated heterocycles. The van der Waals surface area contributed by atoms with E-state index in [2.05, 4.69) is 16.3 Å². The number of carbonyl (C=O) groups is 3. The zero-order valence-electron chi connectivity index (χ0n) is 21.0. The van der Waals surface area contributed by atoms with E-state index in [0.717, 1.165) is 49.2 Å². The van der Waals surface area contributed by atoms with Crippen molar-refractivity contribution in [3.63, 3.8) is 0 Å². The van der Waals surface area contributed by atoms with E-state index in [0.29, 0.717) is 41.1 Å². The van der Waals surface area contributed by atoms with Crippen molar-refractivity contribution in [2.45, 2.75) is 69.2 Å². The largest absolute Gasteiger partial charge is 0.489 e. The summed E-state index contributed by atoms with van der Waals surface area (Å²) in [5.74, 6) is 0.221. The van der Waals surface area contributed by atoms with Gasteiger partial charge in [0.1, 0.15) is 17.9 Å². The molecule has 0 bridgehead atoms. The van der Waals surface area contributed by atoms with E-state index >= 15 is 0 Å². The van der Waals surface area contributed by atoms with E-state index in [9.17, 15) is 14.4 Å². The van der Waals surface area contributed by atoms with Gasteiger partial charge in [-0.05, 0) is 67.1 Å². The second kappa shape index (κ2) is 10.0. The van der Waals surface area contributed by atoms with Crippen LogP contribution < -0.4 is 10.1 Å². The molecular formula is C29H29ClN4O4. The van der Waals surface area contributed by atoms with Crippen LogP contribution in [0.2, 0.25) is 5.02 Å². The van der Waals surface area contributed by atoms with Gasteiger partial charge < -0.3 is 9.64 Å². The van der Waals surface area contributed by atoms with Gasteiger partial charge in [-0.3, -0.25) is 24.6 Å². The van der Waals surface area contributed by atoms with Crippen LogP contribution in [0.5, 0.6) is 5.75 Å². The number of piperidine rings is 1. The minimum Gasteiger partial charge on any atom is -0.489 e. The fourth-order valence-corrected chi connectivity index (χ4v) is 6.67. The molecule has 6 rings (SSSR count). The van der Waals surface area contributed by atoms with Crippen LogP contribution in [0, 0.1) is 11.3 Å². The number of nitrogens with zero attached hydrogens (tertiary/aromatic N) is 3. The molecule has 4 aliphatic rings. The number of fused-ring (bicyclic) bond motifs is 1. The Labute approximate surface area is 226 Å². The van der Waals surface area contributed by atoms with Crippen molar-refractivity contribution >= 4 is 29.3 Å². The molecule has 0 spiro atoms. The Morgan fingerprint density at radius 1 is 1.03 bits per heavy atom. The number of hydrogen-bond acceptors (Lipinski definition) is 6. The summed E-state index contributed by atoms with van der Waals surface area (Å²) in [5, 5.41) is 12.1. The Kier molecular flexibility index (Phi) is 6.58. The summed E-state index contributed by atoms with van der Waals surface area (Å²) < 4.78 is 6.54. The number of amides is 3. The van der Waals surface area contributed by atoms with Crippen molar-refractivity contribution in [3.8, 4) is 11.8 Å². The lowest BCUT2D eigenvalue weighted by molar-refractivity contribution is -0.136. The van der Waals surface area contributed by atoms with Gasteiger partial charge >= 0.3 is 0 Å². The number of likely N-dealkylation sites (tertiary alicyclic amines) is 1. The van der Waals surface area contributed by atoms with Crippen molar-refractivity contribution in [1.82, 2.24) is 15.1 Å². The molecule has 1 N–H and O–H groups in total. The Morgan fingerprint density at radius 2 is 1.84 bits per heavy atom. The van der Waals surface area contributed by atoms with E-state index in [-0.39, 0.29) is 24.3 Å². The highest BCUT2D eigenvalue weighted by Gasteiger charge is 2.41. The van der Waals surface area contributed by atoms with Crippen LogP contribution in [0.4, 0.5) is 0 Å². The van der Waals surface area contributed by atoms with Crippen LogP contribution in [0.3, 0.4) is 0 Å². The molecule has 38 heavy (non-hydrogen) atoms. The van der Waals surface area contributed by atoms with E-state index in [4.69, 9.17) is 21.6 Å². The fraction of sp³-hybridized carbons (Fsp3) is 0.448. The van der Waals surface area contributed by atoms with E-state index in [1.165, 1.54) is 6.42 Å². The van der Waals surface area contributed by atoms with Gasteiger partial charge in [0.2, 0.25) is 11.8 Å². The van der Waals surface area contributed by atoms with E-state index < -0.39 is 11.9 Å². The van der Waals surface area contributed by atoms with E-state index in [1.807, 2.05) is 24.3 Å². The SMILES string of the molecule is N#Cc1ccc(C2CN([C@H]3CCCC[C@H]3Oc3ccc4c(c3)CN([C@@H]3CCC(=O)NC3=O)C4=O)C2)c(Cl)c1. The summed E-state index contributed by atoms with van der Waals surface area (Å²) in [6, 6.07) is 13.0. The number of imide groups is 1. The molecule has 2 aromatic carbocycles. The third-order valence-electron chi connectivity index (χ3n) is 8.40. The zero-order valence-corrected chi connectivity index (χ0v) is 21.7. The van der Waals surface area contributed by atoms with Crippen LogP contribution >= 0.6 is 11.6 Å². The lowest BCUT2D eigenvalue weighted by Crippen LogP contribution is -2.57. The van der Waals surface area contributed by atoms with Crippen LogP contribution in [-0.4, -0.2) is 58.8 Å². The minimum atomic E-state index is -0.622. The summed E-state index contributed by atoms with van der Waals surface area (Å²) in [5.41, 5.74) is 3.11. The number of ether oxygens (including phenoxy) is 1. The topological polar surface area (TPSA) is 103 Å². The maximum absolute atomic E-state index is 13.0. The fourth-order valence-electron chi connectivity index (χ4n) is 6.34. The quantitative estimate of drug-likeness (QED) is 0.588. The van der Waals surface area contributed by atoms with Gasteiger partial charge in [-0.1, -0.05) is 24.1 Å². The van der Waals surface area contributed by atoms with Crippen LogP contribution in [-0.2, 0) is 16.1 Å². The third-order valence-corrected chi connectivity index (χ3v) is 8.73. The third kappa shape index (κ3) is 4.55. The first-order valence-electron chi connectivity index (χ1n) is 13.3. The molecule has 9 heteroatoms. The normalized spacial score (nSPS) is 25.9. The first kappa shape index (κ1) is 24.9. The molecule has 3 heterocycles. The van der Waals surface area contributed by atoms with Crippen molar-refractivity contribution < 1.29 is 19.1 Å². The van der Waals surface area contributed by atoms with Crippen LogP contribution in [0.25, 0.3) is 0 Å². The molecule has 3 fully saturated rings. The number of nitrogens with one attached hydrogen (secondary N) is 1. The molecule has 3 amide bonds. The lowest BCUT2D eigenvalue weighted by atomic mass is 9.84. The van der Waals surface area contributed by atoms with Gasteiger partial charge in [0.25, 0.3) is 5.91 Å². The highest BCUT2D eigenvalue weighted by atomic mass is 35.5. The maximum atomic E-state index is 13.0. The molecule has 0 radical (unpaired) electrons. The molecule has 3 aliphatic heterocycles. The zero-order chi connectivity index (χ0) is 26.4. The smallest absolute Gasteiger partial charge is 0.255 e. The highest BCUT2D eigenvalue weighted by molar-refractivity contribution is 6.31. The first-order chi connectivity index (χ1) is 18.4. The predicted octanol–water partition coefficient (Wildman–Crippen LogP) is 3.76. The number of halogens is 1. The van der Waals surface area contributed by atoms with Gasteiger partial charge in [0.05, 0.1) is 11.6 Å². The molecule has 196 valence electrons. The number of carbonyl (C=O) groups excluding carboxylic acids is 3. The Bertz CT molecular complexity index is 1350. The van der Waals surface area contributed by atoms with E-state index in [1.54, 1.807) is 17.0 Å². The summed E-state index contributed by atoms with van der Waals surface area (Å²) in [4.78, 5) is 40.9. The van der Waals surface area contributed by atoms with Gasteiger partial charge in [0, 0.05) is 48.6 Å². The number of rotatable bonds is 5. The summed E-state index contributed by atoms with van der Waals surface area (Å²) in [7, 11) is 0. The van der Waals surface area contributed by atoms with Gasteiger partial charge in [-0.15, -0.1) is 0 Å². The monoisotopic (exact) mass is 532 g/mol. The Hall–Kier alpha value is -3.41. The van der Waals surface area contributed by atoms with Crippen LogP contribution in [0.1, 0.15) is 71.5 Å². The Balaban J connectivity index is 1.11. The number of hydrogen-bond donors (Lipinski definition) is 1. The van der Waals surface area contributed by atoms with Crippen molar-refractivity contribution in [2.24, 2.45) is 0 Å². The van der Waals surface area contributed by atoms with Crippen molar-refractivity contribution in [2.75, 3.05) is 13.1 Å². The summed E-state index contributed by atoms with van der Waals surface area (Å²) in [6.45, 7) is 2.16. The van der Waals surface area contributed by atoms with Crippen LogP contribution in [0.15, 0.2) is 36.4 Å². The number of benzene rings is 2. The molecular weight excluding hydrogens is 504 g/mol. The predicted molar refractivity (Wildman–Crippen MR) is 140 cm³/mol. The average Bonchev–Trinajstić information content (AvgIpc) is 3.20. The summed E-state index contributed by atoms with van der Waals surface area (Å²) in [6.07, 6.45) is 4.98. The van der Waals surface area contributed by atoms with Crippen molar-refractivity contribution in [3.05, 3.63) is 63.7 Å². The molecule has 1 saturated carbocycles. The lowest BCUT2D eigenvalue weighted by Gasteiger charge is -2.48. The molecule has 1 aliphatic carbocycles. The van der Waals surface area contributed by atoms with Gasteiger partial charge in [-0.2, -0.15) is 5.26 Å². The Morgan fingerprint density at radius 3 is 2.61 bits per heavy atom. The molecule has 2 aromatic rings. The van der Waals surface area contributed by atoms with Gasteiger partial charge in [0.15, 0.2) is 0 Å². The highest BCUT2D eigenvalue weighted by Crippen LogP contribution is 2.38. The second-order valence-electron chi connectivity index (χ2n) is 10.7. The molecule has 8 nitrogen and oxygen atoms in total. The van der Waals surface area contributed by atoms with Crippen molar-refractivity contribution in [1.29, 1.82) is 5.26 Å². The summed E-state index contributed by atoms with van der Waals surface area (Å²) >= 11 is 6.46. The molecule has 3 atom stereocenters. The molecule has 0 aromatic heterocycles. The molecule has 0 unspecified atom stereocenters. The minimum absolute atomic E-state index is 0.0579. The van der Waals surface area contributed by atoms with Gasteiger partial charge in [-0.25, -0.2) is 0 Å². The number of nitriles is 1. The average molecular weight is 533 g/mol.